The highest BCUT2D eigenvalue weighted by atomic mass is 35.5. The number of nitrogens with two attached hydrogens (primary N) is 1. The van der Waals surface area contributed by atoms with E-state index in [-0.39, 0.29) is 16.3 Å². The number of halogens is 2. The molecule has 0 unspecified atom stereocenters. The second kappa shape index (κ2) is 5.51. The Morgan fingerprint density at radius 3 is 2.68 bits per heavy atom. The molecule has 2 aromatic rings. The van der Waals surface area contributed by atoms with Crippen molar-refractivity contribution in [3.63, 3.8) is 0 Å². The summed E-state index contributed by atoms with van der Waals surface area (Å²) in [5.41, 5.74) is 7.55. The van der Waals surface area contributed by atoms with Gasteiger partial charge in [0.05, 0.1) is 16.3 Å². The molecule has 0 amide bonds. The maximum Gasteiger partial charge on any atom is 0.141 e. The first-order valence-electron chi connectivity index (χ1n) is 5.39. The Bertz CT molecular complexity index is 675. The van der Waals surface area contributed by atoms with Crippen molar-refractivity contribution in [2.24, 2.45) is 5.73 Å². The SMILES string of the molecule is N#C/C(=C(/N)c1ccc(F)c(Cl)c1)c1cccnc1. The number of pyridine rings is 1. The molecule has 2 N–H and O–H groups in total. The fourth-order valence-corrected chi connectivity index (χ4v) is 1.78. The van der Waals surface area contributed by atoms with Gasteiger partial charge in [-0.05, 0) is 24.3 Å². The van der Waals surface area contributed by atoms with Crippen molar-refractivity contribution in [2.75, 3.05) is 0 Å². The largest absolute Gasteiger partial charge is 0.397 e. The summed E-state index contributed by atoms with van der Waals surface area (Å²) >= 11 is 5.70. The summed E-state index contributed by atoms with van der Waals surface area (Å²) in [6.07, 6.45) is 3.14. The number of nitrogens with zero attached hydrogens (tertiary/aromatic N) is 2. The van der Waals surface area contributed by atoms with Crippen molar-refractivity contribution >= 4 is 22.9 Å². The summed E-state index contributed by atoms with van der Waals surface area (Å²) in [5.74, 6) is -0.530. The Morgan fingerprint density at radius 2 is 2.11 bits per heavy atom. The minimum atomic E-state index is -0.530. The summed E-state index contributed by atoms with van der Waals surface area (Å²) < 4.78 is 13.1. The molecule has 2 rings (SSSR count). The minimum absolute atomic E-state index is 0.0380. The summed E-state index contributed by atoms with van der Waals surface area (Å²) in [6, 6.07) is 9.54. The molecule has 0 aliphatic carbocycles. The standard InChI is InChI=1S/C14H9ClFN3/c15-12-6-9(3-4-13(12)16)14(18)11(7-17)10-2-1-5-19-8-10/h1-6,8H,18H2/b14-11-. The van der Waals surface area contributed by atoms with Crippen LogP contribution in [0.2, 0.25) is 5.02 Å². The van der Waals surface area contributed by atoms with Gasteiger partial charge in [-0.15, -0.1) is 0 Å². The average molecular weight is 274 g/mol. The van der Waals surface area contributed by atoms with Crippen LogP contribution in [0.25, 0.3) is 11.3 Å². The summed E-state index contributed by atoms with van der Waals surface area (Å²) in [6.45, 7) is 0. The molecule has 0 atom stereocenters. The molecule has 0 fully saturated rings. The zero-order valence-electron chi connectivity index (χ0n) is 9.77. The lowest BCUT2D eigenvalue weighted by Gasteiger charge is -2.06. The van der Waals surface area contributed by atoms with Gasteiger partial charge in [-0.1, -0.05) is 17.7 Å². The average Bonchev–Trinajstić information content (AvgIpc) is 2.44. The Morgan fingerprint density at radius 1 is 1.32 bits per heavy atom. The van der Waals surface area contributed by atoms with E-state index < -0.39 is 5.82 Å². The molecular formula is C14H9ClFN3. The highest BCUT2D eigenvalue weighted by Crippen LogP contribution is 2.24. The summed E-state index contributed by atoms with van der Waals surface area (Å²) in [5, 5.41) is 9.17. The zero-order valence-corrected chi connectivity index (χ0v) is 10.5. The van der Waals surface area contributed by atoms with E-state index in [1.165, 1.54) is 24.4 Å². The van der Waals surface area contributed by atoms with E-state index >= 15 is 0 Å². The number of rotatable bonds is 2. The molecule has 0 bridgehead atoms. The first-order chi connectivity index (χ1) is 9.13. The highest BCUT2D eigenvalue weighted by molar-refractivity contribution is 6.31. The van der Waals surface area contributed by atoms with Crippen molar-refractivity contribution in [3.05, 3.63) is 64.7 Å². The monoisotopic (exact) mass is 273 g/mol. The molecule has 0 saturated carbocycles. The highest BCUT2D eigenvalue weighted by Gasteiger charge is 2.10. The van der Waals surface area contributed by atoms with E-state index in [0.29, 0.717) is 11.1 Å². The van der Waals surface area contributed by atoms with Gasteiger partial charge >= 0.3 is 0 Å². The maximum absolute atomic E-state index is 13.1. The Balaban J connectivity index is 2.56. The maximum atomic E-state index is 13.1. The van der Waals surface area contributed by atoms with Gasteiger partial charge in [0.2, 0.25) is 0 Å². The van der Waals surface area contributed by atoms with Gasteiger partial charge in [0.15, 0.2) is 0 Å². The minimum Gasteiger partial charge on any atom is -0.397 e. The van der Waals surface area contributed by atoms with Gasteiger partial charge in [0.1, 0.15) is 11.9 Å². The topological polar surface area (TPSA) is 62.7 Å². The number of aromatic nitrogens is 1. The van der Waals surface area contributed by atoms with Crippen LogP contribution in [-0.2, 0) is 0 Å². The van der Waals surface area contributed by atoms with Crippen molar-refractivity contribution < 1.29 is 4.39 Å². The second-order valence-corrected chi connectivity index (χ2v) is 4.18. The van der Waals surface area contributed by atoms with E-state index in [1.54, 1.807) is 18.3 Å². The van der Waals surface area contributed by atoms with Crippen molar-refractivity contribution in [1.29, 1.82) is 5.26 Å². The molecule has 94 valence electrons. The Hall–Kier alpha value is -2.38. The third-order valence-electron chi connectivity index (χ3n) is 2.56. The van der Waals surface area contributed by atoms with Crippen LogP contribution in [0.3, 0.4) is 0 Å². The van der Waals surface area contributed by atoms with Crippen LogP contribution >= 0.6 is 11.6 Å². The first kappa shape index (κ1) is 13.1. The molecule has 0 radical (unpaired) electrons. The normalized spacial score (nSPS) is 11.6. The number of benzene rings is 1. The molecule has 0 aliphatic heterocycles. The number of nitriles is 1. The van der Waals surface area contributed by atoms with E-state index in [4.69, 9.17) is 17.3 Å². The Kier molecular flexibility index (Phi) is 3.79. The lowest BCUT2D eigenvalue weighted by molar-refractivity contribution is 0.628. The van der Waals surface area contributed by atoms with Crippen molar-refractivity contribution in [1.82, 2.24) is 4.98 Å². The lowest BCUT2D eigenvalue weighted by atomic mass is 10.0. The molecule has 1 aromatic heterocycles. The molecular weight excluding hydrogens is 265 g/mol. The molecule has 19 heavy (non-hydrogen) atoms. The van der Waals surface area contributed by atoms with Crippen molar-refractivity contribution in [3.8, 4) is 6.07 Å². The number of hydrogen-bond donors (Lipinski definition) is 1. The van der Waals surface area contributed by atoms with Crippen LogP contribution in [0.15, 0.2) is 42.7 Å². The summed E-state index contributed by atoms with van der Waals surface area (Å²) in [7, 11) is 0. The summed E-state index contributed by atoms with van der Waals surface area (Å²) in [4.78, 5) is 3.93. The molecule has 1 aromatic carbocycles. The van der Waals surface area contributed by atoms with E-state index in [1.807, 2.05) is 6.07 Å². The van der Waals surface area contributed by atoms with Crippen molar-refractivity contribution in [2.45, 2.75) is 0 Å². The Labute approximate surface area is 114 Å². The van der Waals surface area contributed by atoms with Crippen LogP contribution < -0.4 is 5.73 Å². The van der Waals surface area contributed by atoms with Crippen LogP contribution in [0.1, 0.15) is 11.1 Å². The molecule has 1 heterocycles. The quantitative estimate of drug-likeness (QED) is 0.855. The molecule has 0 aliphatic rings. The van der Waals surface area contributed by atoms with Gasteiger partial charge < -0.3 is 5.73 Å². The smallest absolute Gasteiger partial charge is 0.141 e. The number of allylic oxidation sites excluding steroid dienone is 1. The molecule has 0 saturated heterocycles. The molecule has 3 nitrogen and oxygen atoms in total. The third-order valence-corrected chi connectivity index (χ3v) is 2.85. The predicted molar refractivity (Wildman–Crippen MR) is 72.3 cm³/mol. The van der Waals surface area contributed by atoms with Gasteiger partial charge in [-0.2, -0.15) is 5.26 Å². The van der Waals surface area contributed by atoms with Crippen LogP contribution in [0.4, 0.5) is 4.39 Å². The fraction of sp³-hybridized carbons (Fsp3) is 0. The fourth-order valence-electron chi connectivity index (χ4n) is 1.60. The van der Waals surface area contributed by atoms with E-state index in [0.717, 1.165) is 0 Å². The lowest BCUT2D eigenvalue weighted by Crippen LogP contribution is -2.01. The van der Waals surface area contributed by atoms with Crippen LogP contribution in [-0.4, -0.2) is 4.98 Å². The van der Waals surface area contributed by atoms with Gasteiger partial charge in [0, 0.05) is 23.5 Å². The first-order valence-corrected chi connectivity index (χ1v) is 5.77. The predicted octanol–water partition coefficient (Wildman–Crippen LogP) is 3.22. The third kappa shape index (κ3) is 2.72. The molecule has 5 heteroatoms. The van der Waals surface area contributed by atoms with Crippen LogP contribution in [0, 0.1) is 17.1 Å². The van der Waals surface area contributed by atoms with Gasteiger partial charge in [-0.25, -0.2) is 4.39 Å². The van der Waals surface area contributed by atoms with Gasteiger partial charge in [0.25, 0.3) is 0 Å². The van der Waals surface area contributed by atoms with Gasteiger partial charge in [-0.3, -0.25) is 4.98 Å². The van der Waals surface area contributed by atoms with E-state index in [9.17, 15) is 9.65 Å². The molecule has 0 spiro atoms. The second-order valence-electron chi connectivity index (χ2n) is 3.77. The van der Waals surface area contributed by atoms with Crippen LogP contribution in [0.5, 0.6) is 0 Å². The van der Waals surface area contributed by atoms with E-state index in [2.05, 4.69) is 4.98 Å². The number of hydrogen-bond acceptors (Lipinski definition) is 3. The zero-order chi connectivity index (χ0) is 13.8.